The molecule has 0 saturated carbocycles. The van der Waals surface area contributed by atoms with Crippen molar-refractivity contribution in [2.75, 3.05) is 26.2 Å². The molecule has 0 bridgehead atoms. The second-order valence-electron chi connectivity index (χ2n) is 16.0. The molecule has 5 atom stereocenters. The number of aliphatic hydroxyl groups excluding tert-OH is 1. The van der Waals surface area contributed by atoms with Crippen LogP contribution in [-0.4, -0.2) is 104 Å². The Bertz CT molecular complexity index is 1840. The number of pyridine rings is 1. The molecule has 3 heterocycles. The van der Waals surface area contributed by atoms with Crippen LogP contribution < -0.4 is 20.8 Å². The highest BCUT2D eigenvalue weighted by Gasteiger charge is 2.41. The molecule has 2 aromatic carbocycles. The van der Waals surface area contributed by atoms with Crippen LogP contribution in [0.3, 0.4) is 0 Å². The van der Waals surface area contributed by atoms with Gasteiger partial charge < -0.3 is 35.4 Å². The minimum Gasteiger partial charge on any atom is -0.493 e. The molecule has 302 valence electrons. The minimum absolute atomic E-state index is 0.116. The molecule has 0 radical (unpaired) electrons. The first-order chi connectivity index (χ1) is 26.6. The van der Waals surface area contributed by atoms with Crippen LogP contribution in [0.2, 0.25) is 0 Å². The van der Waals surface area contributed by atoms with Gasteiger partial charge in [-0.05, 0) is 59.6 Å². The van der Waals surface area contributed by atoms with Crippen LogP contribution in [0.15, 0.2) is 66.7 Å². The lowest BCUT2D eigenvalue weighted by atomic mass is 9.86. The van der Waals surface area contributed by atoms with Crippen molar-refractivity contribution in [3.8, 4) is 5.75 Å². The molecule has 0 aliphatic carbocycles. The van der Waals surface area contributed by atoms with Gasteiger partial charge in [0.05, 0.1) is 31.0 Å². The van der Waals surface area contributed by atoms with E-state index in [0.29, 0.717) is 32.7 Å². The van der Waals surface area contributed by atoms with Crippen LogP contribution in [0.4, 0.5) is 9.59 Å². The lowest BCUT2D eigenvalue weighted by Crippen LogP contribution is -2.60. The number of carbonyl (C=O) groups excluding carboxylic acids is 3. The van der Waals surface area contributed by atoms with Crippen LogP contribution in [-0.2, 0) is 35.5 Å². The number of carbonyl (C=O) groups is 4. The summed E-state index contributed by atoms with van der Waals surface area (Å²) in [6.45, 7) is 12.9. The Kier molecular flexibility index (Phi) is 13.9. The Morgan fingerprint density at radius 1 is 0.982 bits per heavy atom. The number of ether oxygens (including phenoxy) is 1. The number of urea groups is 1. The normalized spacial score (nSPS) is 16.8. The maximum absolute atomic E-state index is 14.5. The van der Waals surface area contributed by atoms with Crippen molar-refractivity contribution in [1.29, 1.82) is 0 Å². The molecule has 14 heteroatoms. The Morgan fingerprint density at radius 3 is 2.41 bits per heavy atom. The van der Waals surface area contributed by atoms with Crippen molar-refractivity contribution < 1.29 is 34.1 Å². The zero-order valence-corrected chi connectivity index (χ0v) is 33.3. The predicted molar refractivity (Wildman–Crippen MR) is 211 cm³/mol. The summed E-state index contributed by atoms with van der Waals surface area (Å²) in [5.41, 5.74) is 6.49. The number of benzene rings is 2. The van der Waals surface area contributed by atoms with Crippen molar-refractivity contribution in [3.63, 3.8) is 0 Å². The first-order valence-corrected chi connectivity index (χ1v) is 19.4. The zero-order chi connectivity index (χ0) is 40.6. The number of fused-ring (bicyclic) bond motifs is 1. The minimum atomic E-state index is -1.33. The molecule has 0 unspecified atom stereocenters. The maximum atomic E-state index is 14.5. The van der Waals surface area contributed by atoms with Crippen molar-refractivity contribution >= 4 is 23.9 Å². The van der Waals surface area contributed by atoms with Gasteiger partial charge in [0, 0.05) is 38.3 Å². The fraction of sp³-hybridized carbons (Fsp3) is 0.500. The number of amides is 5. The van der Waals surface area contributed by atoms with E-state index in [1.807, 2.05) is 87.5 Å². The van der Waals surface area contributed by atoms with Crippen LogP contribution in [0.1, 0.15) is 69.1 Å². The fourth-order valence-corrected chi connectivity index (χ4v) is 7.32. The van der Waals surface area contributed by atoms with Crippen LogP contribution in [0.5, 0.6) is 5.75 Å². The monoisotopic (exact) mass is 771 g/mol. The van der Waals surface area contributed by atoms with Gasteiger partial charge in [-0.15, -0.1) is 0 Å². The van der Waals surface area contributed by atoms with Gasteiger partial charge in [-0.1, -0.05) is 89.6 Å². The summed E-state index contributed by atoms with van der Waals surface area (Å²) in [6, 6.07) is 18.0. The van der Waals surface area contributed by atoms with Crippen LogP contribution in [0.25, 0.3) is 0 Å². The summed E-state index contributed by atoms with van der Waals surface area (Å²) < 4.78 is 5.69. The number of aliphatic hydroxyl groups is 1. The predicted octanol–water partition coefficient (Wildman–Crippen LogP) is 4.28. The molecule has 2 aliphatic rings. The SMILES string of the molecule is CC[C@H](C)[C@@H](C(=O)N[C@@H](Cc1ccccc1)[C@@H](O)CN(Cc1ccc2c(c1)CCO2)NC(=O)[C@@H](NC(=O)O)C(C)(C)C)N1CCN(Cc2cccc(C)n2)C1=O. The number of aromatic nitrogens is 1. The van der Waals surface area contributed by atoms with Gasteiger partial charge >= 0.3 is 12.1 Å². The zero-order valence-electron chi connectivity index (χ0n) is 33.3. The van der Waals surface area contributed by atoms with Gasteiger partial charge in [0.2, 0.25) is 5.91 Å². The molecule has 1 saturated heterocycles. The fourth-order valence-electron chi connectivity index (χ4n) is 7.32. The molecule has 3 aromatic rings. The molecule has 1 fully saturated rings. The van der Waals surface area contributed by atoms with Crippen LogP contribution in [0, 0.1) is 18.3 Å². The molecule has 5 amide bonds. The van der Waals surface area contributed by atoms with Gasteiger partial charge in [0.15, 0.2) is 0 Å². The summed E-state index contributed by atoms with van der Waals surface area (Å²) in [6.07, 6.45) is -0.900. The molecular weight excluding hydrogens is 715 g/mol. The summed E-state index contributed by atoms with van der Waals surface area (Å²) in [5, 5.41) is 28.6. The van der Waals surface area contributed by atoms with E-state index in [1.54, 1.807) is 35.6 Å². The summed E-state index contributed by atoms with van der Waals surface area (Å²) in [5.74, 6) is -0.358. The van der Waals surface area contributed by atoms with E-state index in [4.69, 9.17) is 4.74 Å². The topological polar surface area (TPSA) is 177 Å². The molecule has 14 nitrogen and oxygen atoms in total. The van der Waals surface area contributed by atoms with E-state index >= 15 is 0 Å². The van der Waals surface area contributed by atoms with E-state index in [1.165, 1.54) is 0 Å². The summed E-state index contributed by atoms with van der Waals surface area (Å²) in [4.78, 5) is 61.7. The smallest absolute Gasteiger partial charge is 0.405 e. The highest BCUT2D eigenvalue weighted by atomic mass is 16.5. The molecule has 5 rings (SSSR count). The largest absolute Gasteiger partial charge is 0.493 e. The average Bonchev–Trinajstić information content (AvgIpc) is 3.76. The molecule has 56 heavy (non-hydrogen) atoms. The van der Waals surface area contributed by atoms with Crippen molar-refractivity contribution in [3.05, 3.63) is 94.8 Å². The third-order valence-electron chi connectivity index (χ3n) is 10.5. The average molecular weight is 772 g/mol. The Labute approximate surface area is 329 Å². The van der Waals surface area contributed by atoms with E-state index in [2.05, 4.69) is 21.0 Å². The Morgan fingerprint density at radius 2 is 1.73 bits per heavy atom. The quantitative estimate of drug-likeness (QED) is 0.126. The Hall–Kier alpha value is -5.21. The highest BCUT2D eigenvalue weighted by Crippen LogP contribution is 2.27. The summed E-state index contributed by atoms with van der Waals surface area (Å²) in [7, 11) is 0. The van der Waals surface area contributed by atoms with E-state index in [-0.39, 0.29) is 37.4 Å². The standard InChI is InChI=1S/C42H57N7O7/c1-7-27(2)36(49-20-19-47(41(49)55)25-32-15-11-12-28(3)43-32)38(51)44-33(23-29-13-9-8-10-14-29)34(50)26-48(24-30-16-17-35-31(22-30)18-21-56-35)46-39(52)37(42(4,5)6)45-40(53)54/h8-17,22,27,33-34,36-37,45,50H,7,18-21,23-26H2,1-6H3,(H,44,51)(H,46,52)(H,53,54)/t27-,33-,34-,36-,37+/m0/s1. The number of hydrogen-bond acceptors (Lipinski definition) is 8. The number of hydrazine groups is 1. The van der Waals surface area contributed by atoms with Gasteiger partial charge in [-0.3, -0.25) is 20.0 Å². The summed E-state index contributed by atoms with van der Waals surface area (Å²) >= 11 is 0. The van der Waals surface area contributed by atoms with Gasteiger partial charge in [-0.2, -0.15) is 0 Å². The number of carboxylic acid groups (broad SMARTS) is 1. The maximum Gasteiger partial charge on any atom is 0.405 e. The van der Waals surface area contributed by atoms with E-state index < -0.39 is 41.6 Å². The van der Waals surface area contributed by atoms with Crippen molar-refractivity contribution in [2.24, 2.45) is 11.3 Å². The highest BCUT2D eigenvalue weighted by molar-refractivity contribution is 5.88. The second kappa shape index (κ2) is 18.6. The number of nitrogens with one attached hydrogen (secondary N) is 3. The van der Waals surface area contributed by atoms with E-state index in [0.717, 1.165) is 40.2 Å². The molecular formula is C42H57N7O7. The number of nitrogens with zero attached hydrogens (tertiary/aromatic N) is 4. The third kappa shape index (κ3) is 11.0. The van der Waals surface area contributed by atoms with E-state index in [9.17, 15) is 29.4 Å². The second-order valence-corrected chi connectivity index (χ2v) is 16.0. The molecule has 5 N–H and O–H groups in total. The van der Waals surface area contributed by atoms with Gasteiger partial charge in [0.1, 0.15) is 17.8 Å². The lowest BCUT2D eigenvalue weighted by molar-refractivity contribution is -0.132. The molecule has 1 aromatic heterocycles. The Balaban J connectivity index is 1.40. The molecule has 2 aliphatic heterocycles. The van der Waals surface area contributed by atoms with Crippen molar-refractivity contribution in [1.82, 2.24) is 35.9 Å². The van der Waals surface area contributed by atoms with Crippen LogP contribution >= 0.6 is 0 Å². The molecule has 0 spiro atoms. The number of hydrogen-bond donors (Lipinski definition) is 5. The number of aryl methyl sites for hydroxylation is 1. The lowest BCUT2D eigenvalue weighted by Gasteiger charge is -2.36. The number of rotatable bonds is 17. The van der Waals surface area contributed by atoms with Gasteiger partial charge in [-0.25, -0.2) is 14.6 Å². The van der Waals surface area contributed by atoms with Crippen molar-refractivity contribution in [2.45, 2.75) is 98.1 Å². The van der Waals surface area contributed by atoms with Gasteiger partial charge in [0.25, 0.3) is 5.91 Å². The first-order valence-electron chi connectivity index (χ1n) is 19.4. The third-order valence-corrected chi connectivity index (χ3v) is 10.5. The first kappa shape index (κ1) is 41.9.